The van der Waals surface area contributed by atoms with E-state index in [1.165, 1.54) is 241 Å². The maximum absolute atomic E-state index is 2.51. The third-order valence-electron chi connectivity index (χ3n) is 28.6. The first-order chi connectivity index (χ1) is 67.6. The molecule has 0 amide bonds. The van der Waals surface area contributed by atoms with E-state index in [2.05, 4.69) is 528 Å². The summed E-state index contributed by atoms with van der Waals surface area (Å²) in [6.45, 7) is 0. The molecule has 0 aliphatic heterocycles. The summed E-state index contributed by atoms with van der Waals surface area (Å²) in [7, 11) is 0. The van der Waals surface area contributed by atoms with Crippen molar-refractivity contribution < 1.29 is 0 Å². The Kier molecular flexibility index (Phi) is 18.3. The molecule has 28 aromatic rings. The summed E-state index contributed by atoms with van der Waals surface area (Å²) in [6.07, 6.45) is 0. The lowest BCUT2D eigenvalue weighted by Gasteiger charge is -2.21. The average molecular weight is 1730 g/mol. The lowest BCUT2D eigenvalue weighted by molar-refractivity contribution is 1.18. The number of aromatic nitrogens is 4. The Morgan fingerprint density at radius 3 is 0.735 bits per heavy atom. The van der Waals surface area contributed by atoms with Gasteiger partial charge in [-0.1, -0.05) is 388 Å². The quantitative estimate of drug-likeness (QED) is 0.109. The Labute approximate surface area is 785 Å². The Hall–Kier alpha value is -18.0. The molecule has 0 saturated heterocycles. The molecule has 4 nitrogen and oxygen atoms in total. The van der Waals surface area contributed by atoms with Crippen molar-refractivity contribution in [3.63, 3.8) is 0 Å². The molecular weight excluding hydrogens is 1640 g/mol. The van der Waals surface area contributed by atoms with Crippen molar-refractivity contribution in [3.8, 4) is 112 Å². The molecule has 0 atom stereocenters. The van der Waals surface area contributed by atoms with E-state index in [4.69, 9.17) is 0 Å². The third kappa shape index (κ3) is 12.4. The molecule has 4 heteroatoms. The first-order valence-electron chi connectivity index (χ1n) is 47.0. The van der Waals surface area contributed by atoms with Crippen molar-refractivity contribution in [3.05, 3.63) is 510 Å². The van der Waals surface area contributed by atoms with Gasteiger partial charge in [0.25, 0.3) is 0 Å². The zero-order chi connectivity index (χ0) is 89.4. The molecule has 0 spiro atoms. The molecule has 0 unspecified atom stereocenters. The molecule has 4 aromatic heterocycles. The van der Waals surface area contributed by atoms with Crippen molar-refractivity contribution in [2.24, 2.45) is 0 Å². The van der Waals surface area contributed by atoms with Crippen LogP contribution in [0, 0.1) is 0 Å². The molecule has 0 radical (unpaired) electrons. The number of hydrogen-bond donors (Lipinski definition) is 0. The molecule has 136 heavy (non-hydrogen) atoms. The second-order valence-electron chi connectivity index (χ2n) is 35.9. The Balaban J connectivity index is 0.000000138. The van der Waals surface area contributed by atoms with Gasteiger partial charge in [0.15, 0.2) is 0 Å². The van der Waals surface area contributed by atoms with E-state index in [-0.39, 0.29) is 0 Å². The van der Waals surface area contributed by atoms with Gasteiger partial charge in [-0.05, 0) is 275 Å². The van der Waals surface area contributed by atoms with Crippen LogP contribution >= 0.6 is 0 Å². The van der Waals surface area contributed by atoms with E-state index in [0.717, 1.165) is 22.7 Å². The zero-order valence-electron chi connectivity index (χ0n) is 74.3. The normalized spacial score (nSPS) is 11.8. The molecule has 0 N–H and O–H groups in total. The summed E-state index contributed by atoms with van der Waals surface area (Å²) >= 11 is 0. The van der Waals surface area contributed by atoms with Gasteiger partial charge in [-0.3, -0.25) is 0 Å². The fraction of sp³-hybridized carbons (Fsp3) is 0. The van der Waals surface area contributed by atoms with Crippen molar-refractivity contribution in [1.29, 1.82) is 0 Å². The molecule has 28 rings (SSSR count). The van der Waals surface area contributed by atoms with Gasteiger partial charge >= 0.3 is 0 Å². The van der Waals surface area contributed by atoms with E-state index in [1.807, 2.05) is 0 Å². The van der Waals surface area contributed by atoms with Gasteiger partial charge in [0.2, 0.25) is 0 Å². The SMILES string of the molecule is c1ccc(-c2c(-c3c4cccc(-c5ccc6c(c5)c5ccccc5n6-c5ccccc5)c4cc4c(-c5ccc6c(c5)c5ccccc5n6-c5ccccc5)cccc34)ccc3ccccc23)cc1.c1ccc(-c2c(-c3c4cccc(-c5cccc6c5c5ccccc5n6-c5ccccc5)c4cc4c(-c5cccc6c5c5ccccc5n6-c5ccccc5)cccc34)ccc3ccccc23)cc1. The monoisotopic (exact) mass is 1720 g/mol. The summed E-state index contributed by atoms with van der Waals surface area (Å²) in [6, 6.07) is 188. The van der Waals surface area contributed by atoms with E-state index in [0.29, 0.717) is 0 Å². The fourth-order valence-electron chi connectivity index (χ4n) is 22.9. The topological polar surface area (TPSA) is 19.7 Å². The van der Waals surface area contributed by atoms with E-state index < -0.39 is 0 Å². The van der Waals surface area contributed by atoms with Crippen LogP contribution in [-0.4, -0.2) is 18.3 Å². The molecule has 24 aromatic carbocycles. The average Bonchev–Trinajstić information content (AvgIpc) is 1.35. The standard InChI is InChI=1S/2C66H42N2/c1-4-21-44(22-5-1)63-47-27-11-10-20-43(47)40-41-56(63)64-52-32-16-30-48(50-34-18-38-61-65(50)54-28-12-14-36-59(54)67(61)45-23-6-2-7-24-45)57(52)42-58-49(31-17-33-53(58)64)51-35-19-39-62-66(51)55-29-13-15-37-60(55)68(62)46-25-8-3-9-26-46;1-4-19-44(20-5-1)65-51-25-11-10-18-43(51)34-37-56(65)66-54-30-16-28-49(45-35-38-63-59(40-45)52-26-12-14-32-61(52)67(63)47-21-6-2-7-22-47)57(54)42-58-50(29-17-31-55(58)66)46-36-39-64-60(41-46)53-27-13-15-33-62(53)68(64)48-23-8-3-9-24-48/h2*1-42H. The summed E-state index contributed by atoms with van der Waals surface area (Å²) < 4.78 is 9.64. The molecule has 0 saturated carbocycles. The molecule has 0 aliphatic carbocycles. The van der Waals surface area contributed by atoms with Crippen molar-refractivity contribution >= 4 is 152 Å². The van der Waals surface area contributed by atoms with Gasteiger partial charge in [-0.15, -0.1) is 0 Å². The van der Waals surface area contributed by atoms with Crippen LogP contribution in [0.25, 0.3) is 264 Å². The molecule has 4 heterocycles. The van der Waals surface area contributed by atoms with Crippen molar-refractivity contribution in [2.45, 2.75) is 0 Å². The van der Waals surface area contributed by atoms with Crippen LogP contribution in [0.1, 0.15) is 0 Å². The highest BCUT2D eigenvalue weighted by Gasteiger charge is 2.28. The Morgan fingerprint density at radius 2 is 0.368 bits per heavy atom. The lowest BCUT2D eigenvalue weighted by Crippen LogP contribution is -1.95. The fourth-order valence-corrected chi connectivity index (χ4v) is 22.9. The second-order valence-corrected chi connectivity index (χ2v) is 35.9. The maximum Gasteiger partial charge on any atom is 0.0547 e. The number of rotatable bonds is 12. The minimum absolute atomic E-state index is 1.15. The first kappa shape index (κ1) is 77.9. The summed E-state index contributed by atoms with van der Waals surface area (Å²) in [5.74, 6) is 0. The van der Waals surface area contributed by atoms with E-state index in [9.17, 15) is 0 Å². The van der Waals surface area contributed by atoms with Gasteiger partial charge in [0, 0.05) is 65.8 Å². The number of hydrogen-bond acceptors (Lipinski definition) is 0. The Bertz CT molecular complexity index is 9270. The van der Waals surface area contributed by atoms with Gasteiger partial charge < -0.3 is 18.3 Å². The molecule has 0 aliphatic rings. The minimum atomic E-state index is 1.15. The first-order valence-corrected chi connectivity index (χ1v) is 47.0. The second kappa shape index (κ2) is 32.0. The van der Waals surface area contributed by atoms with Crippen LogP contribution in [0.5, 0.6) is 0 Å². The summed E-state index contributed by atoms with van der Waals surface area (Å²) in [5, 5.41) is 24.7. The van der Waals surface area contributed by atoms with E-state index in [1.54, 1.807) is 0 Å². The smallest absolute Gasteiger partial charge is 0.0547 e. The van der Waals surface area contributed by atoms with Crippen molar-refractivity contribution in [2.75, 3.05) is 0 Å². The van der Waals surface area contributed by atoms with Gasteiger partial charge in [0.05, 0.1) is 44.1 Å². The molecule has 0 bridgehead atoms. The maximum atomic E-state index is 2.51. The van der Waals surface area contributed by atoms with Crippen LogP contribution in [0.15, 0.2) is 510 Å². The molecule has 0 fully saturated rings. The largest absolute Gasteiger partial charge is 0.309 e. The lowest BCUT2D eigenvalue weighted by atomic mass is 9.82. The highest BCUT2D eigenvalue weighted by Crippen LogP contribution is 2.54. The van der Waals surface area contributed by atoms with Crippen molar-refractivity contribution in [1.82, 2.24) is 18.3 Å². The van der Waals surface area contributed by atoms with Gasteiger partial charge in [0.1, 0.15) is 0 Å². The summed E-state index contributed by atoms with van der Waals surface area (Å²) in [4.78, 5) is 0. The minimum Gasteiger partial charge on any atom is -0.309 e. The van der Waals surface area contributed by atoms with Gasteiger partial charge in [-0.2, -0.15) is 0 Å². The van der Waals surface area contributed by atoms with Crippen LogP contribution in [-0.2, 0) is 0 Å². The van der Waals surface area contributed by atoms with Crippen LogP contribution < -0.4 is 0 Å². The van der Waals surface area contributed by atoms with E-state index >= 15 is 0 Å². The molecule has 632 valence electrons. The van der Waals surface area contributed by atoms with Gasteiger partial charge in [-0.25, -0.2) is 0 Å². The van der Waals surface area contributed by atoms with Crippen LogP contribution in [0.3, 0.4) is 0 Å². The highest BCUT2D eigenvalue weighted by molar-refractivity contribution is 6.28. The predicted octanol–water partition coefficient (Wildman–Crippen LogP) is 36.0. The number of fused-ring (bicyclic) bond motifs is 18. The number of nitrogens with zero attached hydrogens (tertiary/aromatic N) is 4. The zero-order valence-corrected chi connectivity index (χ0v) is 74.3. The predicted molar refractivity (Wildman–Crippen MR) is 579 cm³/mol. The van der Waals surface area contributed by atoms with Crippen LogP contribution in [0.2, 0.25) is 0 Å². The third-order valence-corrected chi connectivity index (χ3v) is 28.6. The van der Waals surface area contributed by atoms with Crippen LogP contribution in [0.4, 0.5) is 0 Å². The molecular formula is C132H84N4. The number of para-hydroxylation sites is 8. The Morgan fingerprint density at radius 1 is 0.110 bits per heavy atom. The summed E-state index contributed by atoms with van der Waals surface area (Å²) in [5.41, 5.74) is 33.7. The highest BCUT2D eigenvalue weighted by atomic mass is 15.0. The number of benzene rings is 24.